The van der Waals surface area contributed by atoms with Crippen LogP contribution in [0.15, 0.2) is 48.5 Å². The van der Waals surface area contributed by atoms with Gasteiger partial charge >= 0.3 is 0 Å². The fraction of sp³-hybridized carbons (Fsp3) is 0.211. The third-order valence-corrected chi connectivity index (χ3v) is 3.76. The van der Waals surface area contributed by atoms with Gasteiger partial charge in [0, 0.05) is 11.1 Å². The number of methoxy groups -OCH3 is 1. The number of nitrogens with one attached hydrogen (secondary N) is 1. The summed E-state index contributed by atoms with van der Waals surface area (Å²) in [5.41, 5.74) is 1.89. The highest BCUT2D eigenvalue weighted by Gasteiger charge is 2.02. The van der Waals surface area contributed by atoms with Crippen LogP contribution in [0.2, 0.25) is 5.02 Å². The van der Waals surface area contributed by atoms with E-state index in [-0.39, 0.29) is 5.91 Å². The molecule has 126 valence electrons. The molecule has 0 fully saturated rings. The van der Waals surface area contributed by atoms with Gasteiger partial charge in [0.25, 0.3) is 0 Å². The zero-order valence-electron chi connectivity index (χ0n) is 13.7. The predicted molar refractivity (Wildman–Crippen MR) is 96.7 cm³/mol. The van der Waals surface area contributed by atoms with E-state index >= 15 is 0 Å². The molecule has 1 N–H and O–H groups in total. The van der Waals surface area contributed by atoms with Crippen LogP contribution in [0.5, 0.6) is 11.5 Å². The quantitative estimate of drug-likeness (QED) is 0.612. The summed E-state index contributed by atoms with van der Waals surface area (Å²) in [5.74, 6) is 1.13. The van der Waals surface area contributed by atoms with Gasteiger partial charge in [-0.3, -0.25) is 4.79 Å². The van der Waals surface area contributed by atoms with Crippen molar-refractivity contribution in [2.75, 3.05) is 20.3 Å². The van der Waals surface area contributed by atoms with Gasteiger partial charge in [-0.25, -0.2) is 0 Å². The Labute approximate surface area is 147 Å². The summed E-state index contributed by atoms with van der Waals surface area (Å²) in [4.78, 5) is 11.8. The number of carbonyl (C=O) groups is 1. The molecule has 0 radical (unpaired) electrons. The van der Waals surface area contributed by atoms with Crippen LogP contribution in [0.3, 0.4) is 0 Å². The lowest BCUT2D eigenvalue weighted by molar-refractivity contribution is -0.116. The summed E-state index contributed by atoms with van der Waals surface area (Å²) >= 11 is 6.05. The lowest BCUT2D eigenvalue weighted by atomic mass is 10.1. The molecule has 0 atom stereocenters. The molecule has 0 saturated heterocycles. The normalized spacial score (nSPS) is 10.6. The highest BCUT2D eigenvalue weighted by Crippen LogP contribution is 2.25. The SMILES string of the molecule is COc1ccccc1OCCNC(=O)/C=C/c1ccc(C)c(Cl)c1. The van der Waals surface area contributed by atoms with Gasteiger partial charge in [0.1, 0.15) is 6.61 Å². The number of halogens is 1. The molecule has 5 heteroatoms. The van der Waals surface area contributed by atoms with E-state index < -0.39 is 0 Å². The first kappa shape index (κ1) is 17.9. The zero-order valence-corrected chi connectivity index (χ0v) is 14.5. The smallest absolute Gasteiger partial charge is 0.244 e. The molecule has 2 aromatic rings. The molecule has 2 aromatic carbocycles. The highest BCUT2D eigenvalue weighted by atomic mass is 35.5. The summed E-state index contributed by atoms with van der Waals surface area (Å²) in [6.07, 6.45) is 3.20. The second-order valence-corrected chi connectivity index (χ2v) is 5.54. The molecule has 0 aromatic heterocycles. The third-order valence-electron chi connectivity index (χ3n) is 3.35. The number of hydrogen-bond acceptors (Lipinski definition) is 3. The van der Waals surface area contributed by atoms with Crippen LogP contribution in [-0.4, -0.2) is 26.2 Å². The number of benzene rings is 2. The van der Waals surface area contributed by atoms with Crippen molar-refractivity contribution in [1.29, 1.82) is 0 Å². The van der Waals surface area contributed by atoms with Crippen LogP contribution < -0.4 is 14.8 Å². The minimum atomic E-state index is -0.185. The van der Waals surface area contributed by atoms with E-state index in [9.17, 15) is 4.79 Å². The van der Waals surface area contributed by atoms with E-state index in [0.717, 1.165) is 11.1 Å². The largest absolute Gasteiger partial charge is 0.493 e. The highest BCUT2D eigenvalue weighted by molar-refractivity contribution is 6.31. The lowest BCUT2D eigenvalue weighted by Gasteiger charge is -2.10. The summed E-state index contributed by atoms with van der Waals surface area (Å²) in [5, 5.41) is 3.45. The fourth-order valence-corrected chi connectivity index (χ4v) is 2.21. The molecule has 4 nitrogen and oxygen atoms in total. The molecular weight excluding hydrogens is 326 g/mol. The van der Waals surface area contributed by atoms with Crippen LogP contribution in [0.1, 0.15) is 11.1 Å². The first-order chi connectivity index (χ1) is 11.6. The van der Waals surface area contributed by atoms with Crippen LogP contribution in [0.25, 0.3) is 6.08 Å². The zero-order chi connectivity index (χ0) is 17.4. The number of rotatable bonds is 7. The van der Waals surface area contributed by atoms with Gasteiger partial charge in [0.05, 0.1) is 13.7 Å². The third kappa shape index (κ3) is 5.32. The second-order valence-electron chi connectivity index (χ2n) is 5.13. The van der Waals surface area contributed by atoms with Crippen molar-refractivity contribution in [3.05, 3.63) is 64.7 Å². The Morgan fingerprint density at radius 1 is 1.21 bits per heavy atom. The van der Waals surface area contributed by atoms with Crippen molar-refractivity contribution >= 4 is 23.6 Å². The standard InChI is InChI=1S/C19H20ClNO3/c1-14-7-8-15(13-16(14)20)9-10-19(22)21-11-12-24-18-6-4-3-5-17(18)23-2/h3-10,13H,11-12H2,1-2H3,(H,21,22)/b10-9+. The van der Waals surface area contributed by atoms with Gasteiger partial charge in [-0.2, -0.15) is 0 Å². The summed E-state index contributed by atoms with van der Waals surface area (Å²) in [6, 6.07) is 13.0. The van der Waals surface area contributed by atoms with Gasteiger partial charge in [0.2, 0.25) is 5.91 Å². The molecule has 0 aliphatic carbocycles. The molecule has 24 heavy (non-hydrogen) atoms. The second kappa shape index (κ2) is 8.99. The Balaban J connectivity index is 1.77. The first-order valence-electron chi connectivity index (χ1n) is 7.58. The van der Waals surface area contributed by atoms with Gasteiger partial charge in [-0.1, -0.05) is 35.9 Å². The molecule has 0 aliphatic heterocycles. The maximum atomic E-state index is 11.8. The van der Waals surface area contributed by atoms with Crippen molar-refractivity contribution in [2.24, 2.45) is 0 Å². The molecular formula is C19H20ClNO3. The number of para-hydroxylation sites is 2. The van der Waals surface area contributed by atoms with E-state index in [4.69, 9.17) is 21.1 Å². The van der Waals surface area contributed by atoms with E-state index in [1.807, 2.05) is 49.4 Å². The fourth-order valence-electron chi connectivity index (χ4n) is 2.02. The van der Waals surface area contributed by atoms with Crippen LogP contribution >= 0.6 is 11.6 Å². The summed E-state index contributed by atoms with van der Waals surface area (Å²) in [7, 11) is 1.59. The van der Waals surface area contributed by atoms with Crippen molar-refractivity contribution in [3.8, 4) is 11.5 Å². The Bertz CT molecular complexity index is 728. The van der Waals surface area contributed by atoms with Crippen LogP contribution in [-0.2, 0) is 4.79 Å². The van der Waals surface area contributed by atoms with E-state index in [0.29, 0.717) is 29.7 Å². The Morgan fingerprint density at radius 2 is 1.96 bits per heavy atom. The van der Waals surface area contributed by atoms with E-state index in [2.05, 4.69) is 5.32 Å². The van der Waals surface area contributed by atoms with Crippen molar-refractivity contribution in [3.63, 3.8) is 0 Å². The van der Waals surface area contributed by atoms with Gasteiger partial charge in [0.15, 0.2) is 11.5 Å². The van der Waals surface area contributed by atoms with Gasteiger partial charge in [-0.05, 0) is 42.3 Å². The van der Waals surface area contributed by atoms with E-state index in [1.165, 1.54) is 6.08 Å². The van der Waals surface area contributed by atoms with Crippen molar-refractivity contribution in [2.45, 2.75) is 6.92 Å². The minimum absolute atomic E-state index is 0.185. The average Bonchev–Trinajstić information content (AvgIpc) is 2.60. The average molecular weight is 346 g/mol. The molecule has 1 amide bonds. The number of carbonyl (C=O) groups excluding carboxylic acids is 1. The van der Waals surface area contributed by atoms with Crippen LogP contribution in [0.4, 0.5) is 0 Å². The van der Waals surface area contributed by atoms with Gasteiger partial charge < -0.3 is 14.8 Å². The van der Waals surface area contributed by atoms with Crippen molar-refractivity contribution in [1.82, 2.24) is 5.32 Å². The minimum Gasteiger partial charge on any atom is -0.493 e. The Hall–Kier alpha value is -2.46. The number of amides is 1. The predicted octanol–water partition coefficient (Wildman–Crippen LogP) is 3.87. The Morgan fingerprint density at radius 3 is 2.67 bits per heavy atom. The maximum Gasteiger partial charge on any atom is 0.244 e. The van der Waals surface area contributed by atoms with Crippen molar-refractivity contribution < 1.29 is 14.3 Å². The molecule has 0 unspecified atom stereocenters. The van der Waals surface area contributed by atoms with Gasteiger partial charge in [-0.15, -0.1) is 0 Å². The number of ether oxygens (including phenoxy) is 2. The number of aryl methyl sites for hydroxylation is 1. The number of hydrogen-bond donors (Lipinski definition) is 1. The molecule has 0 bridgehead atoms. The molecule has 0 aliphatic rings. The topological polar surface area (TPSA) is 47.6 Å². The molecule has 0 heterocycles. The maximum absolute atomic E-state index is 11.8. The lowest BCUT2D eigenvalue weighted by Crippen LogP contribution is -2.26. The van der Waals surface area contributed by atoms with Crippen LogP contribution in [0, 0.1) is 6.92 Å². The molecule has 0 saturated carbocycles. The Kier molecular flexibility index (Phi) is 6.70. The first-order valence-corrected chi connectivity index (χ1v) is 7.96. The summed E-state index contributed by atoms with van der Waals surface area (Å²) < 4.78 is 10.8. The molecule has 2 rings (SSSR count). The molecule has 0 spiro atoms. The summed E-state index contributed by atoms with van der Waals surface area (Å²) in [6.45, 7) is 2.69. The van der Waals surface area contributed by atoms with E-state index in [1.54, 1.807) is 13.2 Å². The monoisotopic (exact) mass is 345 g/mol.